The molecule has 0 heterocycles. The third-order valence-electron chi connectivity index (χ3n) is 3.80. The highest BCUT2D eigenvalue weighted by molar-refractivity contribution is 5.42. The van der Waals surface area contributed by atoms with Gasteiger partial charge in [-0.25, -0.2) is 0 Å². The van der Waals surface area contributed by atoms with Crippen LogP contribution in [0, 0.1) is 5.92 Å². The molecule has 1 fully saturated rings. The van der Waals surface area contributed by atoms with Crippen molar-refractivity contribution in [1.29, 1.82) is 0 Å². The molecule has 1 aliphatic rings. The number of ether oxygens (including phenoxy) is 2. The summed E-state index contributed by atoms with van der Waals surface area (Å²) in [5.74, 6) is 1.72. The Kier molecular flexibility index (Phi) is 4.09. The average molecular weight is 251 g/mol. The minimum atomic E-state index is -0.499. The van der Waals surface area contributed by atoms with Gasteiger partial charge in [0.05, 0.1) is 26.4 Å². The van der Waals surface area contributed by atoms with Crippen molar-refractivity contribution in [2.45, 2.75) is 31.4 Å². The first-order valence-electron chi connectivity index (χ1n) is 6.33. The third-order valence-corrected chi connectivity index (χ3v) is 3.80. The lowest BCUT2D eigenvalue weighted by Gasteiger charge is -2.34. The van der Waals surface area contributed by atoms with E-state index in [0.29, 0.717) is 11.7 Å². The summed E-state index contributed by atoms with van der Waals surface area (Å²) in [6.07, 6.45) is 2.82. The van der Waals surface area contributed by atoms with Gasteiger partial charge in [-0.1, -0.05) is 6.42 Å². The summed E-state index contributed by atoms with van der Waals surface area (Å²) in [5.41, 5.74) is 6.98. The summed E-state index contributed by atoms with van der Waals surface area (Å²) in [6, 6.07) is 5.09. The molecular weight excluding hydrogens is 230 g/mol. The molecule has 0 aliphatic heterocycles. The van der Waals surface area contributed by atoms with Gasteiger partial charge in [-0.05, 0) is 30.9 Å². The lowest BCUT2D eigenvalue weighted by atomic mass is 9.77. The second-order valence-electron chi connectivity index (χ2n) is 4.82. The van der Waals surface area contributed by atoms with Crippen LogP contribution in [-0.2, 0) is 0 Å². The Bertz CT molecular complexity index is 404. The number of hydrogen-bond donors (Lipinski definition) is 2. The van der Waals surface area contributed by atoms with E-state index in [1.54, 1.807) is 20.3 Å². The maximum Gasteiger partial charge on any atom is 0.127 e. The van der Waals surface area contributed by atoms with Crippen LogP contribution in [0.3, 0.4) is 0 Å². The molecule has 4 nitrogen and oxygen atoms in total. The zero-order valence-electron chi connectivity index (χ0n) is 10.9. The number of aliphatic hydroxyl groups is 1. The fourth-order valence-corrected chi connectivity index (χ4v) is 2.35. The maximum absolute atomic E-state index is 10.2. The highest BCUT2D eigenvalue weighted by atomic mass is 16.5. The molecule has 0 saturated heterocycles. The van der Waals surface area contributed by atoms with Gasteiger partial charge in [0.15, 0.2) is 0 Å². The second-order valence-corrected chi connectivity index (χ2v) is 4.82. The van der Waals surface area contributed by atoms with E-state index in [1.807, 2.05) is 12.1 Å². The monoisotopic (exact) mass is 251 g/mol. The minimum absolute atomic E-state index is 0.326. The van der Waals surface area contributed by atoms with Gasteiger partial charge >= 0.3 is 0 Å². The van der Waals surface area contributed by atoms with E-state index < -0.39 is 12.1 Å². The zero-order chi connectivity index (χ0) is 13.1. The summed E-state index contributed by atoms with van der Waals surface area (Å²) >= 11 is 0. The van der Waals surface area contributed by atoms with Crippen molar-refractivity contribution < 1.29 is 14.6 Å². The number of aliphatic hydroxyl groups excluding tert-OH is 1. The molecule has 18 heavy (non-hydrogen) atoms. The van der Waals surface area contributed by atoms with Crippen molar-refractivity contribution in [2.75, 3.05) is 14.2 Å². The summed E-state index contributed by atoms with van der Waals surface area (Å²) < 4.78 is 10.5. The fourth-order valence-electron chi connectivity index (χ4n) is 2.35. The number of nitrogens with two attached hydrogens (primary N) is 1. The second kappa shape index (κ2) is 5.59. The number of hydrogen-bond acceptors (Lipinski definition) is 4. The van der Waals surface area contributed by atoms with Gasteiger partial charge in [0.25, 0.3) is 0 Å². The smallest absolute Gasteiger partial charge is 0.127 e. The van der Waals surface area contributed by atoms with Crippen LogP contribution < -0.4 is 15.2 Å². The summed E-state index contributed by atoms with van der Waals surface area (Å²) in [6.45, 7) is 0. The lowest BCUT2D eigenvalue weighted by Crippen LogP contribution is -2.36. The molecule has 0 amide bonds. The largest absolute Gasteiger partial charge is 0.497 e. The quantitative estimate of drug-likeness (QED) is 0.838. The van der Waals surface area contributed by atoms with Crippen molar-refractivity contribution in [3.63, 3.8) is 0 Å². The predicted octanol–water partition coefficient (Wildman–Crippen LogP) is 1.86. The first kappa shape index (κ1) is 13.2. The van der Waals surface area contributed by atoms with Crippen molar-refractivity contribution in [3.05, 3.63) is 23.8 Å². The van der Waals surface area contributed by atoms with E-state index in [4.69, 9.17) is 15.2 Å². The van der Waals surface area contributed by atoms with Crippen molar-refractivity contribution in [2.24, 2.45) is 11.7 Å². The van der Waals surface area contributed by atoms with Crippen molar-refractivity contribution in [3.8, 4) is 11.5 Å². The molecule has 0 bridgehead atoms. The third kappa shape index (κ3) is 2.44. The van der Waals surface area contributed by atoms with Crippen LogP contribution in [0.4, 0.5) is 0 Å². The van der Waals surface area contributed by atoms with Gasteiger partial charge in [-0.2, -0.15) is 0 Å². The van der Waals surface area contributed by atoms with Crippen LogP contribution in [0.1, 0.15) is 30.9 Å². The van der Waals surface area contributed by atoms with Crippen LogP contribution in [-0.4, -0.2) is 25.4 Å². The Morgan fingerprint density at radius 3 is 2.50 bits per heavy atom. The summed E-state index contributed by atoms with van der Waals surface area (Å²) in [7, 11) is 3.21. The Morgan fingerprint density at radius 2 is 2.00 bits per heavy atom. The normalized spacial score (nSPS) is 18.9. The molecule has 0 aromatic heterocycles. The maximum atomic E-state index is 10.2. The highest BCUT2D eigenvalue weighted by Gasteiger charge is 2.31. The standard InChI is InChI=1S/C14H21NO3/c1-17-10-6-7-11(12(8-10)18-2)13(15)14(16)9-4-3-5-9/h6-9,13-14,16H,3-5,15H2,1-2H3/t13-,14+/m1/s1. The SMILES string of the molecule is COc1ccc([C@@H](N)[C@@H](O)C2CCC2)c(OC)c1. The molecule has 1 aromatic rings. The molecule has 2 rings (SSSR count). The molecule has 0 unspecified atom stereocenters. The molecular formula is C14H21NO3. The van der Waals surface area contributed by atoms with Crippen LogP contribution in [0.5, 0.6) is 11.5 Å². The van der Waals surface area contributed by atoms with Crippen LogP contribution in [0.15, 0.2) is 18.2 Å². The summed E-state index contributed by atoms with van der Waals surface area (Å²) in [4.78, 5) is 0. The Morgan fingerprint density at radius 1 is 1.28 bits per heavy atom. The number of benzene rings is 1. The molecule has 1 aromatic carbocycles. The number of methoxy groups -OCH3 is 2. The van der Waals surface area contributed by atoms with Crippen LogP contribution in [0.25, 0.3) is 0 Å². The average Bonchev–Trinajstić information content (AvgIpc) is 2.34. The predicted molar refractivity (Wildman–Crippen MR) is 69.8 cm³/mol. The highest BCUT2D eigenvalue weighted by Crippen LogP contribution is 2.37. The first-order valence-corrected chi connectivity index (χ1v) is 6.33. The van der Waals surface area contributed by atoms with Gasteiger partial charge in [0, 0.05) is 11.6 Å². The first-order chi connectivity index (χ1) is 8.67. The molecule has 0 radical (unpaired) electrons. The topological polar surface area (TPSA) is 64.7 Å². The lowest BCUT2D eigenvalue weighted by molar-refractivity contribution is 0.0407. The molecule has 1 saturated carbocycles. The van der Waals surface area contributed by atoms with Gasteiger partial charge in [-0.15, -0.1) is 0 Å². The van der Waals surface area contributed by atoms with E-state index in [9.17, 15) is 5.11 Å². The van der Waals surface area contributed by atoms with E-state index >= 15 is 0 Å². The molecule has 0 spiro atoms. The molecule has 3 N–H and O–H groups in total. The minimum Gasteiger partial charge on any atom is -0.497 e. The van der Waals surface area contributed by atoms with Crippen LogP contribution in [0.2, 0.25) is 0 Å². The summed E-state index contributed by atoms with van der Waals surface area (Å²) in [5, 5.41) is 10.2. The van der Waals surface area contributed by atoms with Crippen molar-refractivity contribution >= 4 is 0 Å². The van der Waals surface area contributed by atoms with E-state index in [-0.39, 0.29) is 0 Å². The molecule has 1 aliphatic carbocycles. The van der Waals surface area contributed by atoms with E-state index in [0.717, 1.165) is 24.2 Å². The number of rotatable bonds is 5. The van der Waals surface area contributed by atoms with Gasteiger partial charge in [0.2, 0.25) is 0 Å². The van der Waals surface area contributed by atoms with E-state index in [1.165, 1.54) is 6.42 Å². The van der Waals surface area contributed by atoms with E-state index in [2.05, 4.69) is 0 Å². The Hall–Kier alpha value is -1.26. The van der Waals surface area contributed by atoms with Gasteiger partial charge in [-0.3, -0.25) is 0 Å². The Labute approximate surface area is 108 Å². The van der Waals surface area contributed by atoms with Gasteiger partial charge in [0.1, 0.15) is 11.5 Å². The molecule has 4 heteroatoms. The van der Waals surface area contributed by atoms with Crippen molar-refractivity contribution in [1.82, 2.24) is 0 Å². The zero-order valence-corrected chi connectivity index (χ0v) is 10.9. The molecule has 100 valence electrons. The van der Waals surface area contributed by atoms with Gasteiger partial charge < -0.3 is 20.3 Å². The van der Waals surface area contributed by atoms with Crippen LogP contribution >= 0.6 is 0 Å². The Balaban J connectivity index is 2.20. The molecule has 2 atom stereocenters. The fraction of sp³-hybridized carbons (Fsp3) is 0.571.